The second kappa shape index (κ2) is 8.66. The normalized spacial score (nSPS) is 17.1. The van der Waals surface area contributed by atoms with E-state index >= 15 is 0 Å². The smallest absolute Gasteiger partial charge is 0.192 e. The van der Waals surface area contributed by atoms with Crippen molar-refractivity contribution in [3.8, 4) is 36.1 Å². The number of rotatable bonds is 0. The van der Waals surface area contributed by atoms with Crippen molar-refractivity contribution >= 4 is 22.3 Å². The van der Waals surface area contributed by atoms with Crippen LogP contribution in [0, 0.1) is 57.2 Å². The van der Waals surface area contributed by atoms with E-state index in [0.717, 1.165) is 12.2 Å². The average molecular weight is 528 g/mol. The molecule has 10 heteroatoms. The molecule has 5 rings (SSSR count). The number of benzene rings is 1. The summed E-state index contributed by atoms with van der Waals surface area (Å²) in [5, 5.41) is 38.5. The van der Waals surface area contributed by atoms with E-state index in [1.165, 1.54) is 6.07 Å². The molecule has 0 saturated carbocycles. The molecule has 0 unspecified atom stereocenters. The molecule has 0 amide bonds. The van der Waals surface area contributed by atoms with Gasteiger partial charge in [-0.3, -0.25) is 0 Å². The largest absolute Gasteiger partial charge is 0.413 e. The molecule has 0 N–H and O–H groups in total. The Hall–Kier alpha value is -5.24. The lowest BCUT2D eigenvalue weighted by Gasteiger charge is -2.18. The second-order valence-electron chi connectivity index (χ2n) is 8.88. The molecule has 4 aliphatic carbocycles. The van der Waals surface area contributed by atoms with Gasteiger partial charge in [0.25, 0.3) is 0 Å². The maximum atomic E-state index is 13.6. The minimum atomic E-state index is -4.72. The Kier molecular flexibility index (Phi) is 5.64. The first-order valence-corrected chi connectivity index (χ1v) is 11.3. The number of hydrogen-bond donors (Lipinski definition) is 0. The summed E-state index contributed by atoms with van der Waals surface area (Å²) in [6.07, 6.45) is -8.60. The van der Waals surface area contributed by atoms with Crippen LogP contribution in [0.3, 0.4) is 0 Å². The predicted molar refractivity (Wildman–Crippen MR) is 126 cm³/mol. The molecule has 0 heterocycles. The Morgan fingerprint density at radius 1 is 0.667 bits per heavy atom. The van der Waals surface area contributed by atoms with Crippen molar-refractivity contribution in [3.05, 3.63) is 80.0 Å². The van der Waals surface area contributed by atoms with Gasteiger partial charge in [-0.2, -0.15) is 47.4 Å². The number of alkyl halides is 6. The summed E-state index contributed by atoms with van der Waals surface area (Å²) in [6, 6.07) is 9.79. The van der Waals surface area contributed by atoms with Crippen molar-refractivity contribution < 1.29 is 26.3 Å². The van der Waals surface area contributed by atoms with E-state index in [0.29, 0.717) is 16.7 Å². The molecule has 0 saturated heterocycles. The maximum Gasteiger partial charge on any atom is 0.413 e. The van der Waals surface area contributed by atoms with Crippen LogP contribution in [-0.4, -0.2) is 12.4 Å². The van der Waals surface area contributed by atoms with Crippen LogP contribution < -0.4 is 0 Å². The van der Waals surface area contributed by atoms with E-state index in [4.69, 9.17) is 0 Å². The van der Waals surface area contributed by atoms with Gasteiger partial charge in [0.2, 0.25) is 0 Å². The molecular formula is C29H10F6N4. The highest BCUT2D eigenvalue weighted by Gasteiger charge is 2.41. The van der Waals surface area contributed by atoms with E-state index in [1.807, 2.05) is 0 Å². The summed E-state index contributed by atoms with van der Waals surface area (Å²) < 4.78 is 81.6. The van der Waals surface area contributed by atoms with Gasteiger partial charge in [-0.25, -0.2) is 0 Å². The third-order valence-corrected chi connectivity index (χ3v) is 6.87. The zero-order valence-electron chi connectivity index (χ0n) is 19.5. The summed E-state index contributed by atoms with van der Waals surface area (Å²) in [7, 11) is 0. The summed E-state index contributed by atoms with van der Waals surface area (Å²) in [5.41, 5.74) is -1.15. The van der Waals surface area contributed by atoms with Crippen LogP contribution in [0.1, 0.15) is 41.5 Å². The van der Waals surface area contributed by atoms with Crippen LogP contribution in [0.4, 0.5) is 26.3 Å². The summed E-state index contributed by atoms with van der Waals surface area (Å²) in [6.45, 7) is 0. The molecule has 0 radical (unpaired) electrons. The minimum absolute atomic E-state index is 0.0382. The first-order chi connectivity index (χ1) is 18.4. The molecule has 0 aliphatic heterocycles. The van der Waals surface area contributed by atoms with Crippen molar-refractivity contribution in [1.82, 2.24) is 0 Å². The molecule has 0 spiro atoms. The molecule has 4 aliphatic rings. The Labute approximate surface area is 217 Å². The van der Waals surface area contributed by atoms with E-state index in [2.05, 4.69) is 11.8 Å². The van der Waals surface area contributed by atoms with Gasteiger partial charge >= 0.3 is 12.4 Å². The van der Waals surface area contributed by atoms with E-state index in [9.17, 15) is 47.4 Å². The lowest BCUT2D eigenvalue weighted by Crippen LogP contribution is -2.14. The monoisotopic (exact) mass is 528 g/mol. The zero-order chi connectivity index (χ0) is 28.3. The number of nitrogens with zero attached hydrogens (tertiary/aromatic N) is 4. The van der Waals surface area contributed by atoms with Crippen LogP contribution in [0.15, 0.2) is 57.7 Å². The highest BCUT2D eigenvalue weighted by atomic mass is 19.4. The Morgan fingerprint density at radius 3 is 1.74 bits per heavy atom. The molecule has 0 aromatic heterocycles. The number of fused-ring (bicyclic) bond motifs is 4. The fourth-order valence-corrected chi connectivity index (χ4v) is 5.21. The number of nitriles is 4. The van der Waals surface area contributed by atoms with Crippen LogP contribution in [0.5, 0.6) is 0 Å². The molecule has 39 heavy (non-hydrogen) atoms. The van der Waals surface area contributed by atoms with Gasteiger partial charge in [-0.05, 0) is 70.5 Å². The summed E-state index contributed by atoms with van der Waals surface area (Å²) in [5.74, 6) is 5.19. The third kappa shape index (κ3) is 3.85. The molecule has 1 aromatic rings. The standard InChI is InChI=1S/C29H10F6N4/c30-28(31,32)16-2-1-3-18-20-8-21-19-5-4-17(29(33,34)35)7-23(19)27(15(12-38)13-39)25(21)9-24(20)26(22(18)6-16)14(10-36)11-37/h6-9H,2,4-5H2. The quantitative estimate of drug-likeness (QED) is 0.206. The summed E-state index contributed by atoms with van der Waals surface area (Å²) in [4.78, 5) is 0. The fraction of sp³-hybridized carbons (Fsp3) is 0.172. The van der Waals surface area contributed by atoms with Crippen molar-refractivity contribution in [3.63, 3.8) is 0 Å². The van der Waals surface area contributed by atoms with Crippen LogP contribution in [0.25, 0.3) is 22.3 Å². The molecule has 0 fully saturated rings. The second-order valence-corrected chi connectivity index (χ2v) is 8.88. The van der Waals surface area contributed by atoms with Crippen LogP contribution in [0.2, 0.25) is 0 Å². The highest BCUT2D eigenvalue weighted by molar-refractivity contribution is 6.13. The molecule has 0 bridgehead atoms. The van der Waals surface area contributed by atoms with E-state index < -0.39 is 41.1 Å². The topological polar surface area (TPSA) is 95.2 Å². The van der Waals surface area contributed by atoms with Crippen molar-refractivity contribution in [2.45, 2.75) is 31.6 Å². The van der Waals surface area contributed by atoms with Crippen molar-refractivity contribution in [1.29, 1.82) is 21.0 Å². The van der Waals surface area contributed by atoms with Gasteiger partial charge in [-0.1, -0.05) is 11.8 Å². The van der Waals surface area contributed by atoms with Crippen molar-refractivity contribution in [2.24, 2.45) is 0 Å². The van der Waals surface area contributed by atoms with E-state index in [-0.39, 0.29) is 51.8 Å². The van der Waals surface area contributed by atoms with Crippen molar-refractivity contribution in [2.75, 3.05) is 0 Å². The van der Waals surface area contributed by atoms with Crippen LogP contribution >= 0.6 is 0 Å². The average Bonchev–Trinajstić information content (AvgIpc) is 3.23. The van der Waals surface area contributed by atoms with Gasteiger partial charge in [0.15, 0.2) is 0 Å². The Bertz CT molecular complexity index is 1800. The first-order valence-electron chi connectivity index (χ1n) is 11.3. The Morgan fingerprint density at radius 2 is 1.18 bits per heavy atom. The third-order valence-electron chi connectivity index (χ3n) is 6.87. The lowest BCUT2D eigenvalue weighted by atomic mass is 9.89. The lowest BCUT2D eigenvalue weighted by molar-refractivity contribution is -0.0944. The molecule has 0 atom stereocenters. The van der Waals surface area contributed by atoms with Gasteiger partial charge < -0.3 is 0 Å². The summed E-state index contributed by atoms with van der Waals surface area (Å²) >= 11 is 0. The van der Waals surface area contributed by atoms with Gasteiger partial charge in [-0.15, -0.1) is 0 Å². The van der Waals surface area contributed by atoms with E-state index in [1.54, 1.807) is 30.3 Å². The highest BCUT2D eigenvalue weighted by Crippen LogP contribution is 2.54. The molecule has 188 valence electrons. The molecule has 4 nitrogen and oxygen atoms in total. The SMILES string of the molecule is N#CC(C#N)=C1C2=C(C#CCC(C(F)(F)F)=C2)c2cc3c(cc21)C(=C(C#N)C#N)C1=C3CCC(C(F)(F)F)=C1. The number of allylic oxidation sites excluding steroid dienone is 12. The van der Waals surface area contributed by atoms with Crippen LogP contribution in [-0.2, 0) is 0 Å². The Balaban J connectivity index is 1.87. The van der Waals surface area contributed by atoms with Gasteiger partial charge in [0.05, 0.1) is 0 Å². The van der Waals surface area contributed by atoms with Gasteiger partial charge in [0.1, 0.15) is 35.4 Å². The predicted octanol–water partition coefficient (Wildman–Crippen LogP) is 7.00. The fourth-order valence-electron chi connectivity index (χ4n) is 5.21. The molecule has 1 aromatic carbocycles. The number of halogens is 6. The molecular weight excluding hydrogens is 518 g/mol. The first kappa shape index (κ1) is 25.4. The maximum absolute atomic E-state index is 13.6. The number of hydrogen-bond acceptors (Lipinski definition) is 4. The van der Waals surface area contributed by atoms with Gasteiger partial charge in [0, 0.05) is 39.9 Å². The zero-order valence-corrected chi connectivity index (χ0v) is 19.5. The minimum Gasteiger partial charge on any atom is -0.192 e.